The van der Waals surface area contributed by atoms with Crippen LogP contribution in [0.1, 0.15) is 20.8 Å². The summed E-state index contributed by atoms with van der Waals surface area (Å²) in [6.45, 7) is 8.50. The maximum atomic E-state index is 5.70. The van der Waals surface area contributed by atoms with Gasteiger partial charge in [-0.25, -0.2) is 0 Å². The number of likely N-dealkylation sites (N-methyl/N-ethyl adjacent to an activating group) is 1. The summed E-state index contributed by atoms with van der Waals surface area (Å²) in [5.74, 6) is 0. The average molecular weight is 143 g/mol. The Balaban J connectivity index is 2.16. The third kappa shape index (κ3) is 2.27. The van der Waals surface area contributed by atoms with Crippen molar-refractivity contribution in [2.24, 2.45) is 0 Å². The second-order valence-corrected chi connectivity index (χ2v) is 4.07. The maximum absolute atomic E-state index is 5.70. The average Bonchev–Trinajstić information content (AvgIpc) is 1.57. The number of rotatable bonds is 1. The zero-order valence-electron chi connectivity index (χ0n) is 7.35. The fourth-order valence-electron chi connectivity index (χ4n) is 1.22. The molecule has 1 fully saturated rings. The van der Waals surface area contributed by atoms with Crippen molar-refractivity contribution in [1.29, 1.82) is 0 Å². The lowest BCUT2D eigenvalue weighted by atomic mass is 10.1. The van der Waals surface area contributed by atoms with Crippen molar-refractivity contribution >= 4 is 0 Å². The quantitative estimate of drug-likeness (QED) is 0.545. The third-order valence-corrected chi connectivity index (χ3v) is 1.55. The fraction of sp³-hybridized carbons (Fsp3) is 1.00. The minimum atomic E-state index is 0.0337. The molecular formula is C8H17NO. The first-order valence-corrected chi connectivity index (χ1v) is 3.84. The number of hydrogen-bond acceptors (Lipinski definition) is 2. The Morgan fingerprint density at radius 2 is 1.80 bits per heavy atom. The smallest absolute Gasteiger partial charge is 0.0835 e. The van der Waals surface area contributed by atoms with Crippen molar-refractivity contribution in [2.75, 3.05) is 20.1 Å². The molecule has 0 radical (unpaired) electrons. The van der Waals surface area contributed by atoms with Crippen LogP contribution in [-0.4, -0.2) is 36.7 Å². The summed E-state index contributed by atoms with van der Waals surface area (Å²) in [6.07, 6.45) is 0.477. The highest BCUT2D eigenvalue weighted by Gasteiger charge is 2.27. The minimum Gasteiger partial charge on any atom is -0.370 e. The summed E-state index contributed by atoms with van der Waals surface area (Å²) in [7, 11) is 2.11. The van der Waals surface area contributed by atoms with Gasteiger partial charge < -0.3 is 9.64 Å². The highest BCUT2D eigenvalue weighted by atomic mass is 16.5. The first-order valence-electron chi connectivity index (χ1n) is 3.84. The lowest BCUT2D eigenvalue weighted by Crippen LogP contribution is -2.52. The van der Waals surface area contributed by atoms with Crippen LogP contribution in [0.5, 0.6) is 0 Å². The van der Waals surface area contributed by atoms with Crippen molar-refractivity contribution in [2.45, 2.75) is 32.5 Å². The molecule has 1 saturated heterocycles. The van der Waals surface area contributed by atoms with E-state index in [1.165, 1.54) is 0 Å². The lowest BCUT2D eigenvalue weighted by Gasteiger charge is -2.39. The van der Waals surface area contributed by atoms with Crippen LogP contribution in [0, 0.1) is 0 Å². The van der Waals surface area contributed by atoms with Crippen LogP contribution in [0.3, 0.4) is 0 Å². The van der Waals surface area contributed by atoms with Gasteiger partial charge in [0.1, 0.15) is 0 Å². The molecular weight excluding hydrogens is 126 g/mol. The van der Waals surface area contributed by atoms with Gasteiger partial charge >= 0.3 is 0 Å². The van der Waals surface area contributed by atoms with E-state index in [9.17, 15) is 0 Å². The maximum Gasteiger partial charge on any atom is 0.0835 e. The Morgan fingerprint density at radius 3 is 2.10 bits per heavy atom. The van der Waals surface area contributed by atoms with Crippen LogP contribution in [0.2, 0.25) is 0 Å². The van der Waals surface area contributed by atoms with Crippen molar-refractivity contribution in [3.63, 3.8) is 0 Å². The minimum absolute atomic E-state index is 0.0337. The molecule has 0 spiro atoms. The Labute approximate surface area is 63.2 Å². The number of ether oxygens (including phenoxy) is 1. The monoisotopic (exact) mass is 143 g/mol. The molecule has 0 amide bonds. The standard InChI is InChI=1S/C8H17NO/c1-8(2,3)10-7-5-9(4)6-7/h7H,5-6H2,1-4H3. The Hall–Kier alpha value is -0.0800. The van der Waals surface area contributed by atoms with E-state index in [2.05, 4.69) is 32.7 Å². The van der Waals surface area contributed by atoms with Crippen LogP contribution < -0.4 is 0 Å². The highest BCUT2D eigenvalue weighted by molar-refractivity contribution is 4.79. The van der Waals surface area contributed by atoms with Gasteiger partial charge in [0.15, 0.2) is 0 Å². The predicted molar refractivity (Wildman–Crippen MR) is 42.1 cm³/mol. The van der Waals surface area contributed by atoms with Crippen LogP contribution in [-0.2, 0) is 4.74 Å². The van der Waals surface area contributed by atoms with Gasteiger partial charge in [-0.2, -0.15) is 0 Å². The summed E-state index contributed by atoms with van der Waals surface area (Å²) >= 11 is 0. The molecule has 0 atom stereocenters. The Morgan fingerprint density at radius 1 is 1.30 bits per heavy atom. The van der Waals surface area contributed by atoms with E-state index < -0.39 is 0 Å². The summed E-state index contributed by atoms with van der Waals surface area (Å²) in [4.78, 5) is 2.26. The van der Waals surface area contributed by atoms with Gasteiger partial charge in [0.05, 0.1) is 11.7 Å². The molecule has 1 rings (SSSR count). The molecule has 0 aliphatic carbocycles. The second kappa shape index (κ2) is 2.51. The van der Waals surface area contributed by atoms with Gasteiger partial charge in [0.25, 0.3) is 0 Å². The first kappa shape index (κ1) is 8.02. The SMILES string of the molecule is CN1CC(OC(C)(C)C)C1. The zero-order valence-corrected chi connectivity index (χ0v) is 7.35. The van der Waals surface area contributed by atoms with Gasteiger partial charge in [-0.05, 0) is 27.8 Å². The molecule has 1 heterocycles. The second-order valence-electron chi connectivity index (χ2n) is 4.07. The molecule has 2 heteroatoms. The third-order valence-electron chi connectivity index (χ3n) is 1.55. The van der Waals surface area contributed by atoms with Crippen molar-refractivity contribution < 1.29 is 4.74 Å². The lowest BCUT2D eigenvalue weighted by molar-refractivity contribution is -0.117. The van der Waals surface area contributed by atoms with Gasteiger partial charge in [0.2, 0.25) is 0 Å². The molecule has 0 aromatic rings. The van der Waals surface area contributed by atoms with Crippen LogP contribution >= 0.6 is 0 Å². The van der Waals surface area contributed by atoms with Gasteiger partial charge in [0, 0.05) is 13.1 Å². The van der Waals surface area contributed by atoms with Gasteiger partial charge in [-0.1, -0.05) is 0 Å². The van der Waals surface area contributed by atoms with E-state index in [0.717, 1.165) is 13.1 Å². The van der Waals surface area contributed by atoms with Crippen molar-refractivity contribution in [3.8, 4) is 0 Å². The van der Waals surface area contributed by atoms with Gasteiger partial charge in [-0.3, -0.25) is 0 Å². The van der Waals surface area contributed by atoms with E-state index in [1.54, 1.807) is 0 Å². The summed E-state index contributed by atoms with van der Waals surface area (Å²) in [6, 6.07) is 0. The van der Waals surface area contributed by atoms with Crippen molar-refractivity contribution in [3.05, 3.63) is 0 Å². The largest absolute Gasteiger partial charge is 0.370 e. The van der Waals surface area contributed by atoms with E-state index in [4.69, 9.17) is 4.74 Å². The molecule has 1 aliphatic rings. The number of hydrogen-bond donors (Lipinski definition) is 0. The fourth-order valence-corrected chi connectivity index (χ4v) is 1.22. The zero-order chi connectivity index (χ0) is 7.78. The summed E-state index contributed by atoms with van der Waals surface area (Å²) in [5, 5.41) is 0. The van der Waals surface area contributed by atoms with E-state index in [-0.39, 0.29) is 5.60 Å². The van der Waals surface area contributed by atoms with Crippen molar-refractivity contribution in [1.82, 2.24) is 4.90 Å². The Bertz CT molecular complexity index is 111. The van der Waals surface area contributed by atoms with E-state index >= 15 is 0 Å². The molecule has 0 N–H and O–H groups in total. The molecule has 0 bridgehead atoms. The molecule has 0 aromatic heterocycles. The van der Waals surface area contributed by atoms with Crippen LogP contribution in [0.15, 0.2) is 0 Å². The topological polar surface area (TPSA) is 12.5 Å². The molecule has 0 unspecified atom stereocenters. The normalized spacial score (nSPS) is 22.8. The number of nitrogens with zero attached hydrogens (tertiary/aromatic N) is 1. The van der Waals surface area contributed by atoms with E-state index in [0.29, 0.717) is 6.10 Å². The van der Waals surface area contributed by atoms with E-state index in [1.807, 2.05) is 0 Å². The number of likely N-dealkylation sites (tertiary alicyclic amines) is 1. The molecule has 1 aliphatic heterocycles. The predicted octanol–water partition coefficient (Wildman–Crippen LogP) is 1.12. The highest BCUT2D eigenvalue weighted by Crippen LogP contribution is 2.16. The molecule has 60 valence electrons. The van der Waals surface area contributed by atoms with Gasteiger partial charge in [-0.15, -0.1) is 0 Å². The summed E-state index contributed by atoms with van der Waals surface area (Å²) in [5.41, 5.74) is 0.0337. The molecule has 10 heavy (non-hydrogen) atoms. The first-order chi connectivity index (χ1) is 4.47. The molecule has 0 aromatic carbocycles. The Kier molecular flexibility index (Phi) is 2.02. The van der Waals surface area contributed by atoms with Crippen LogP contribution in [0.25, 0.3) is 0 Å². The van der Waals surface area contributed by atoms with Crippen LogP contribution in [0.4, 0.5) is 0 Å². The molecule has 0 saturated carbocycles. The summed E-state index contributed by atoms with van der Waals surface area (Å²) < 4.78 is 5.70. The molecule has 2 nitrogen and oxygen atoms in total.